The van der Waals surface area contributed by atoms with Crippen LogP contribution in [0, 0.1) is 5.92 Å². The molecular weight excluding hydrogens is 488 g/mol. The predicted octanol–water partition coefficient (Wildman–Crippen LogP) is 2.83. The average Bonchev–Trinajstić information content (AvgIpc) is 3.43. The summed E-state index contributed by atoms with van der Waals surface area (Å²) in [5.41, 5.74) is 1.53. The van der Waals surface area contributed by atoms with Gasteiger partial charge >= 0.3 is 0 Å². The van der Waals surface area contributed by atoms with Gasteiger partial charge in [-0.15, -0.1) is 11.6 Å². The number of ketones is 1. The van der Waals surface area contributed by atoms with Crippen LogP contribution in [0.25, 0.3) is 0 Å². The maximum absolute atomic E-state index is 13.8. The standard InChI is InChI=1S/C29H39ClN4O3/c30-20-8-9-25-24(14-20)34-18-23(29(36)31-10-13-33-11-4-5-12-33)28(35)22-15-21(16-26(37-25)27(22)34)32-17-19-6-2-1-3-7-19/h1-3,6-7,18,20-22,24-27,32H,4-5,8-17H2,(H,31,36). The SMILES string of the molecule is O=C(NCCN1CCCC1)C1=CN2C3CC(Cl)CCC3OC3CC(NCc4ccccc4)CC(C1=O)C32. The van der Waals surface area contributed by atoms with Crippen molar-refractivity contribution in [2.45, 2.75) is 87.2 Å². The minimum Gasteiger partial charge on any atom is -0.371 e. The van der Waals surface area contributed by atoms with E-state index in [1.54, 1.807) is 0 Å². The summed E-state index contributed by atoms with van der Waals surface area (Å²) in [5, 5.41) is 6.84. The van der Waals surface area contributed by atoms with Gasteiger partial charge in [-0.05, 0) is 63.6 Å². The first kappa shape index (κ1) is 25.4. The number of likely N-dealkylation sites (tertiary alicyclic amines) is 1. The maximum Gasteiger partial charge on any atom is 0.256 e. The van der Waals surface area contributed by atoms with Gasteiger partial charge in [-0.1, -0.05) is 30.3 Å². The number of ether oxygens (including phenoxy) is 1. The molecule has 3 aliphatic heterocycles. The highest BCUT2D eigenvalue weighted by Crippen LogP contribution is 2.45. The van der Waals surface area contributed by atoms with Crippen LogP contribution in [0.4, 0.5) is 0 Å². The van der Waals surface area contributed by atoms with Crippen LogP contribution in [0.1, 0.15) is 50.5 Å². The Hall–Kier alpha value is -1.93. The molecule has 2 N–H and O–H groups in total. The molecule has 0 radical (unpaired) electrons. The number of fused-ring (bicyclic) bond motifs is 2. The third-order valence-electron chi connectivity index (χ3n) is 9.09. The van der Waals surface area contributed by atoms with Crippen molar-refractivity contribution in [3.63, 3.8) is 0 Å². The molecule has 7 atom stereocenters. The van der Waals surface area contributed by atoms with Gasteiger partial charge in [0.15, 0.2) is 5.78 Å². The summed E-state index contributed by atoms with van der Waals surface area (Å²) in [5.74, 6) is -0.524. The lowest BCUT2D eigenvalue weighted by Crippen LogP contribution is -2.68. The largest absolute Gasteiger partial charge is 0.371 e. The number of hydrogen-bond donors (Lipinski definition) is 2. The number of halogens is 1. The average molecular weight is 527 g/mol. The fourth-order valence-electron chi connectivity index (χ4n) is 7.22. The Morgan fingerprint density at radius 3 is 2.68 bits per heavy atom. The topological polar surface area (TPSA) is 73.9 Å². The van der Waals surface area contributed by atoms with Crippen LogP contribution in [-0.2, 0) is 20.9 Å². The summed E-state index contributed by atoms with van der Waals surface area (Å²) < 4.78 is 6.70. The lowest BCUT2D eigenvalue weighted by atomic mass is 9.70. The van der Waals surface area contributed by atoms with Crippen LogP contribution >= 0.6 is 11.6 Å². The van der Waals surface area contributed by atoms with E-state index in [1.807, 2.05) is 24.4 Å². The molecule has 37 heavy (non-hydrogen) atoms. The Balaban J connectivity index is 1.21. The van der Waals surface area contributed by atoms with Gasteiger partial charge in [0, 0.05) is 43.2 Å². The molecule has 5 aliphatic rings. The normalized spacial score (nSPS) is 35.5. The van der Waals surface area contributed by atoms with Crippen molar-refractivity contribution in [1.29, 1.82) is 0 Å². The molecule has 8 heteroatoms. The number of Topliss-reactive ketones (excluding diaryl/α,β-unsaturated/α-hetero) is 1. The van der Waals surface area contributed by atoms with E-state index in [0.29, 0.717) is 18.5 Å². The van der Waals surface area contributed by atoms with Crippen molar-refractivity contribution in [2.75, 3.05) is 26.2 Å². The number of nitrogens with one attached hydrogen (secondary N) is 2. The number of alkyl halides is 1. The van der Waals surface area contributed by atoms with E-state index < -0.39 is 0 Å². The Kier molecular flexibility index (Phi) is 7.57. The molecule has 7 nitrogen and oxygen atoms in total. The lowest BCUT2D eigenvalue weighted by molar-refractivity contribution is -0.183. The summed E-state index contributed by atoms with van der Waals surface area (Å²) in [7, 11) is 0. The van der Waals surface area contributed by atoms with Gasteiger partial charge in [0.1, 0.15) is 0 Å². The minimum atomic E-state index is -0.256. The van der Waals surface area contributed by atoms with E-state index in [9.17, 15) is 9.59 Å². The predicted molar refractivity (Wildman–Crippen MR) is 143 cm³/mol. The van der Waals surface area contributed by atoms with Gasteiger partial charge < -0.3 is 25.2 Å². The van der Waals surface area contributed by atoms with Gasteiger partial charge in [-0.3, -0.25) is 9.59 Å². The highest BCUT2D eigenvalue weighted by molar-refractivity contribution is 6.21. The molecule has 0 spiro atoms. The number of amides is 1. The van der Waals surface area contributed by atoms with Crippen molar-refractivity contribution in [2.24, 2.45) is 5.92 Å². The van der Waals surface area contributed by atoms with Crippen LogP contribution in [0.5, 0.6) is 0 Å². The number of carbonyl (C=O) groups is 2. The summed E-state index contributed by atoms with van der Waals surface area (Å²) in [4.78, 5) is 31.8. The molecular formula is C29H39ClN4O3. The molecule has 1 aromatic rings. The summed E-state index contributed by atoms with van der Waals surface area (Å²) in [6, 6.07) is 10.6. The molecule has 7 unspecified atom stereocenters. The van der Waals surface area contributed by atoms with E-state index in [0.717, 1.165) is 51.9 Å². The van der Waals surface area contributed by atoms with Gasteiger partial charge in [0.25, 0.3) is 5.91 Å². The second kappa shape index (κ2) is 11.0. The van der Waals surface area contributed by atoms with Crippen LogP contribution in [-0.4, -0.2) is 83.4 Å². The first-order valence-corrected chi connectivity index (χ1v) is 14.6. The second-order valence-corrected chi connectivity index (χ2v) is 12.1. The number of nitrogens with zero attached hydrogens (tertiary/aromatic N) is 2. The highest BCUT2D eigenvalue weighted by atomic mass is 35.5. The first-order valence-electron chi connectivity index (χ1n) is 14.2. The molecule has 0 aromatic heterocycles. The van der Waals surface area contributed by atoms with Gasteiger partial charge in [0.2, 0.25) is 0 Å². The van der Waals surface area contributed by atoms with Crippen molar-refractivity contribution in [1.82, 2.24) is 20.4 Å². The van der Waals surface area contributed by atoms with E-state index in [1.165, 1.54) is 18.4 Å². The first-order chi connectivity index (χ1) is 18.1. The zero-order chi connectivity index (χ0) is 25.4. The van der Waals surface area contributed by atoms with E-state index >= 15 is 0 Å². The Labute approximate surface area is 224 Å². The summed E-state index contributed by atoms with van der Waals surface area (Å²) in [6.45, 7) is 4.35. The zero-order valence-electron chi connectivity index (χ0n) is 21.5. The Morgan fingerprint density at radius 2 is 1.86 bits per heavy atom. The van der Waals surface area contributed by atoms with Crippen LogP contribution in [0.3, 0.4) is 0 Å². The van der Waals surface area contributed by atoms with Crippen molar-refractivity contribution >= 4 is 23.3 Å². The minimum absolute atomic E-state index is 0.0216. The van der Waals surface area contributed by atoms with Gasteiger partial charge in [-0.25, -0.2) is 0 Å². The zero-order valence-corrected chi connectivity index (χ0v) is 22.2. The quantitative estimate of drug-likeness (QED) is 0.420. The molecule has 6 rings (SSSR count). The van der Waals surface area contributed by atoms with Crippen molar-refractivity contribution < 1.29 is 14.3 Å². The highest BCUT2D eigenvalue weighted by Gasteiger charge is 2.55. The third-order valence-corrected chi connectivity index (χ3v) is 9.49. The van der Waals surface area contributed by atoms with Gasteiger partial charge in [-0.2, -0.15) is 0 Å². The van der Waals surface area contributed by atoms with Crippen molar-refractivity contribution in [3.8, 4) is 0 Å². The van der Waals surface area contributed by atoms with Gasteiger partial charge in [0.05, 0.1) is 29.9 Å². The number of benzene rings is 1. The molecule has 2 aliphatic carbocycles. The molecule has 2 saturated heterocycles. The number of hydrogen-bond acceptors (Lipinski definition) is 6. The molecule has 2 saturated carbocycles. The number of carbonyl (C=O) groups excluding carboxylic acids is 2. The second-order valence-electron chi connectivity index (χ2n) is 11.5. The molecule has 0 bridgehead atoms. The number of morpholine rings is 1. The van der Waals surface area contributed by atoms with Crippen LogP contribution < -0.4 is 10.6 Å². The molecule has 4 fully saturated rings. The maximum atomic E-state index is 13.8. The van der Waals surface area contributed by atoms with Crippen LogP contribution in [0.15, 0.2) is 42.1 Å². The Bertz CT molecular complexity index is 1010. The van der Waals surface area contributed by atoms with E-state index in [4.69, 9.17) is 16.3 Å². The van der Waals surface area contributed by atoms with Crippen molar-refractivity contribution in [3.05, 3.63) is 47.7 Å². The van der Waals surface area contributed by atoms with E-state index in [2.05, 4.69) is 32.6 Å². The smallest absolute Gasteiger partial charge is 0.256 e. The molecule has 200 valence electrons. The van der Waals surface area contributed by atoms with E-state index in [-0.39, 0.29) is 53.3 Å². The van der Waals surface area contributed by atoms with Crippen LogP contribution in [0.2, 0.25) is 0 Å². The summed E-state index contributed by atoms with van der Waals surface area (Å²) in [6.07, 6.45) is 8.66. The monoisotopic (exact) mass is 526 g/mol. The lowest BCUT2D eigenvalue weighted by Gasteiger charge is -2.58. The fraction of sp³-hybridized carbons (Fsp3) is 0.655. The molecule has 3 heterocycles. The summed E-state index contributed by atoms with van der Waals surface area (Å²) >= 11 is 6.61. The molecule has 1 amide bonds. The molecule has 1 aromatic carbocycles. The Morgan fingerprint density at radius 1 is 1.05 bits per heavy atom. The fourth-order valence-corrected chi connectivity index (χ4v) is 7.53. The number of rotatable bonds is 7. The third kappa shape index (κ3) is 5.33.